The Bertz CT molecular complexity index is 777. The van der Waals surface area contributed by atoms with Crippen LogP contribution in [0, 0.1) is 5.92 Å². The molecular formula is C21H23NO5. The van der Waals surface area contributed by atoms with Crippen LogP contribution in [0.1, 0.15) is 42.8 Å². The molecule has 0 radical (unpaired) electrons. The van der Waals surface area contributed by atoms with Gasteiger partial charge in [0.25, 0.3) is 0 Å². The molecule has 2 N–H and O–H groups in total. The second-order valence-electron chi connectivity index (χ2n) is 6.46. The summed E-state index contributed by atoms with van der Waals surface area (Å²) in [6.45, 7) is 0.468. The number of carbonyl (C=O) groups is 1. The lowest BCUT2D eigenvalue weighted by molar-refractivity contribution is -0.244. The summed E-state index contributed by atoms with van der Waals surface area (Å²) in [5, 5.41) is 19.0. The number of allylic oxidation sites excluding steroid dienone is 2. The Labute approximate surface area is 158 Å². The van der Waals surface area contributed by atoms with Gasteiger partial charge in [0, 0.05) is 35.9 Å². The summed E-state index contributed by atoms with van der Waals surface area (Å²) in [4.78, 5) is 14.6. The molecule has 6 nitrogen and oxygen atoms in total. The Balaban J connectivity index is 1.74. The molecule has 0 amide bonds. The Morgan fingerprint density at radius 3 is 2.70 bits per heavy atom. The largest absolute Gasteiger partial charge is 0.508 e. The predicted molar refractivity (Wildman–Crippen MR) is 99.0 cm³/mol. The van der Waals surface area contributed by atoms with Crippen molar-refractivity contribution in [3.8, 4) is 5.75 Å². The number of ether oxygens (including phenoxy) is 2. The molecule has 1 aliphatic rings. The van der Waals surface area contributed by atoms with E-state index in [1.165, 1.54) is 0 Å². The van der Waals surface area contributed by atoms with E-state index in [1.54, 1.807) is 24.5 Å². The van der Waals surface area contributed by atoms with Gasteiger partial charge in [-0.15, -0.1) is 0 Å². The minimum Gasteiger partial charge on any atom is -0.508 e. The van der Waals surface area contributed by atoms with E-state index in [0.717, 1.165) is 11.1 Å². The highest BCUT2D eigenvalue weighted by Crippen LogP contribution is 2.42. The van der Waals surface area contributed by atoms with Crippen molar-refractivity contribution in [3.63, 3.8) is 0 Å². The number of phenolic OH excluding ortho intramolecular Hbond substituents is 1. The van der Waals surface area contributed by atoms with Crippen molar-refractivity contribution in [2.75, 3.05) is 6.61 Å². The lowest BCUT2D eigenvalue weighted by Crippen LogP contribution is -2.30. The van der Waals surface area contributed by atoms with Gasteiger partial charge in [-0.3, -0.25) is 9.78 Å². The Morgan fingerprint density at radius 2 is 1.96 bits per heavy atom. The molecular weight excluding hydrogens is 346 g/mol. The molecule has 1 aromatic carbocycles. The van der Waals surface area contributed by atoms with E-state index in [-0.39, 0.29) is 24.2 Å². The highest BCUT2D eigenvalue weighted by Gasteiger charge is 2.34. The fraction of sp³-hybridized carbons (Fsp3) is 0.333. The number of rotatable bonds is 7. The number of hydrogen-bond acceptors (Lipinski definition) is 5. The maximum atomic E-state index is 10.6. The van der Waals surface area contributed by atoms with Gasteiger partial charge < -0.3 is 19.7 Å². The van der Waals surface area contributed by atoms with Crippen LogP contribution in [0.3, 0.4) is 0 Å². The monoisotopic (exact) mass is 369 g/mol. The Morgan fingerprint density at radius 1 is 1.19 bits per heavy atom. The van der Waals surface area contributed by atoms with Crippen molar-refractivity contribution < 1.29 is 24.5 Å². The van der Waals surface area contributed by atoms with E-state index >= 15 is 0 Å². The van der Waals surface area contributed by atoms with Crippen LogP contribution in [-0.2, 0) is 14.3 Å². The average molecular weight is 369 g/mol. The highest BCUT2D eigenvalue weighted by molar-refractivity contribution is 5.66. The van der Waals surface area contributed by atoms with Gasteiger partial charge >= 0.3 is 5.97 Å². The normalized spacial score (nSPS) is 22.7. The van der Waals surface area contributed by atoms with E-state index < -0.39 is 12.3 Å². The molecule has 2 heterocycles. The van der Waals surface area contributed by atoms with Gasteiger partial charge in [-0.25, -0.2) is 0 Å². The van der Waals surface area contributed by atoms with E-state index in [1.807, 2.05) is 36.4 Å². The number of para-hydroxylation sites is 1. The first-order valence-electron chi connectivity index (χ1n) is 8.97. The van der Waals surface area contributed by atoms with Crippen molar-refractivity contribution in [2.24, 2.45) is 5.92 Å². The number of benzene rings is 1. The van der Waals surface area contributed by atoms with E-state index in [9.17, 15) is 9.90 Å². The molecule has 2 aromatic rings. The third kappa shape index (κ3) is 5.15. The number of hydrogen-bond donors (Lipinski definition) is 2. The second kappa shape index (κ2) is 9.30. The number of nitrogens with zero attached hydrogens (tertiary/aromatic N) is 1. The molecule has 142 valence electrons. The van der Waals surface area contributed by atoms with Gasteiger partial charge in [0.15, 0.2) is 6.29 Å². The maximum Gasteiger partial charge on any atom is 0.303 e. The Hall–Kier alpha value is -2.70. The molecule has 0 spiro atoms. The number of carboxylic acid groups (broad SMARTS) is 1. The summed E-state index contributed by atoms with van der Waals surface area (Å²) >= 11 is 0. The molecule has 3 atom stereocenters. The number of carboxylic acids is 1. The average Bonchev–Trinajstić information content (AvgIpc) is 2.69. The molecule has 3 rings (SSSR count). The van der Waals surface area contributed by atoms with Gasteiger partial charge in [-0.2, -0.15) is 0 Å². The van der Waals surface area contributed by atoms with Gasteiger partial charge in [0.05, 0.1) is 12.7 Å². The van der Waals surface area contributed by atoms with Crippen molar-refractivity contribution in [2.45, 2.75) is 31.7 Å². The number of phenols is 1. The van der Waals surface area contributed by atoms with Crippen LogP contribution in [-0.4, -0.2) is 27.8 Å². The van der Waals surface area contributed by atoms with Crippen molar-refractivity contribution in [3.05, 3.63) is 72.1 Å². The quantitative estimate of drug-likeness (QED) is 0.717. The number of aliphatic carboxylic acids is 1. The standard InChI is InChI=1S/C21H23NO5/c23-18-8-5-4-7-17(18)20-16(6-2-1-3-9-19(24)25)14-26-21(27-20)15-10-12-22-13-11-15/h1-2,4-5,7-8,10-13,16,20-21,23H,3,6,9,14H2,(H,24,25)/b2-1-. The summed E-state index contributed by atoms with van der Waals surface area (Å²) in [5.74, 6) is -0.605. The smallest absolute Gasteiger partial charge is 0.303 e. The zero-order chi connectivity index (χ0) is 19.1. The van der Waals surface area contributed by atoms with E-state index in [4.69, 9.17) is 14.6 Å². The fourth-order valence-corrected chi connectivity index (χ4v) is 3.12. The predicted octanol–water partition coefficient (Wildman–Crippen LogP) is 4.00. The third-order valence-corrected chi connectivity index (χ3v) is 4.51. The third-order valence-electron chi connectivity index (χ3n) is 4.51. The van der Waals surface area contributed by atoms with E-state index in [2.05, 4.69) is 4.98 Å². The first-order valence-corrected chi connectivity index (χ1v) is 8.97. The van der Waals surface area contributed by atoms with Crippen molar-refractivity contribution in [1.29, 1.82) is 0 Å². The summed E-state index contributed by atoms with van der Waals surface area (Å²) < 4.78 is 12.1. The number of aromatic nitrogens is 1. The lowest BCUT2D eigenvalue weighted by Gasteiger charge is -2.37. The van der Waals surface area contributed by atoms with Crippen molar-refractivity contribution in [1.82, 2.24) is 4.98 Å². The molecule has 6 heteroatoms. The number of pyridine rings is 1. The van der Waals surface area contributed by atoms with Gasteiger partial charge in [0.2, 0.25) is 0 Å². The van der Waals surface area contributed by atoms with Gasteiger partial charge in [0.1, 0.15) is 5.75 Å². The fourth-order valence-electron chi connectivity index (χ4n) is 3.12. The Kier molecular flexibility index (Phi) is 6.57. The summed E-state index contributed by atoms with van der Waals surface area (Å²) in [6.07, 6.45) is 7.62. The van der Waals surface area contributed by atoms with Crippen LogP contribution in [0.2, 0.25) is 0 Å². The van der Waals surface area contributed by atoms with Crippen LogP contribution in [0.5, 0.6) is 5.75 Å². The van der Waals surface area contributed by atoms with Crippen molar-refractivity contribution >= 4 is 5.97 Å². The molecule has 3 unspecified atom stereocenters. The first-order chi connectivity index (χ1) is 13.1. The second-order valence-corrected chi connectivity index (χ2v) is 6.46. The van der Waals surface area contributed by atoms with Crippen LogP contribution in [0.25, 0.3) is 0 Å². The summed E-state index contributed by atoms with van der Waals surface area (Å²) in [6, 6.07) is 10.8. The molecule has 0 aliphatic carbocycles. The van der Waals surface area contributed by atoms with Crippen LogP contribution in [0.4, 0.5) is 0 Å². The molecule has 0 bridgehead atoms. The first kappa shape index (κ1) is 19.1. The van der Waals surface area contributed by atoms with Crippen LogP contribution in [0.15, 0.2) is 60.9 Å². The molecule has 1 aromatic heterocycles. The molecule has 27 heavy (non-hydrogen) atoms. The highest BCUT2D eigenvalue weighted by atomic mass is 16.7. The zero-order valence-corrected chi connectivity index (χ0v) is 14.9. The zero-order valence-electron chi connectivity index (χ0n) is 14.9. The summed E-state index contributed by atoms with van der Waals surface area (Å²) in [7, 11) is 0. The minimum absolute atomic E-state index is 0.0115. The number of aromatic hydroxyl groups is 1. The molecule has 1 fully saturated rings. The van der Waals surface area contributed by atoms with Crippen LogP contribution >= 0.6 is 0 Å². The molecule has 1 saturated heterocycles. The van der Waals surface area contributed by atoms with Gasteiger partial charge in [-0.05, 0) is 31.0 Å². The molecule has 0 saturated carbocycles. The topological polar surface area (TPSA) is 88.9 Å². The summed E-state index contributed by atoms with van der Waals surface area (Å²) in [5.41, 5.74) is 1.60. The molecule has 1 aliphatic heterocycles. The van der Waals surface area contributed by atoms with Gasteiger partial charge in [-0.1, -0.05) is 30.4 Å². The SMILES string of the molecule is O=C(O)CC/C=C\CC1COC(c2ccncc2)OC1c1ccccc1O. The minimum atomic E-state index is -0.809. The van der Waals surface area contributed by atoms with E-state index in [0.29, 0.717) is 19.4 Å². The van der Waals surface area contributed by atoms with Crippen LogP contribution < -0.4 is 0 Å². The maximum absolute atomic E-state index is 10.6. The lowest BCUT2D eigenvalue weighted by atomic mass is 9.91.